The summed E-state index contributed by atoms with van der Waals surface area (Å²) in [5.74, 6) is 0.995. The van der Waals surface area contributed by atoms with Crippen molar-refractivity contribution in [1.82, 2.24) is 14.6 Å². The molecule has 0 N–H and O–H groups in total. The molecule has 31 heavy (non-hydrogen) atoms. The molecule has 0 saturated heterocycles. The SMILES string of the molecule is COCc1nn2c3c(cnc2c1-c1ccccc1)C(=O)CC(c1ccc(OC)cc1)C3. The zero-order chi connectivity index (χ0) is 21.4. The second-order valence-electron chi connectivity index (χ2n) is 7.78. The van der Waals surface area contributed by atoms with E-state index in [0.29, 0.717) is 18.6 Å². The number of methoxy groups -OCH3 is 2. The maximum absolute atomic E-state index is 13.0. The summed E-state index contributed by atoms with van der Waals surface area (Å²) in [6, 6.07) is 18.0. The van der Waals surface area contributed by atoms with Crippen molar-refractivity contribution in [1.29, 1.82) is 0 Å². The minimum atomic E-state index is 0.0896. The second kappa shape index (κ2) is 7.96. The van der Waals surface area contributed by atoms with E-state index in [1.54, 1.807) is 20.4 Å². The van der Waals surface area contributed by atoms with Gasteiger partial charge < -0.3 is 9.47 Å². The lowest BCUT2D eigenvalue weighted by Crippen LogP contribution is -2.22. The molecule has 1 aliphatic rings. The largest absolute Gasteiger partial charge is 0.497 e. The average Bonchev–Trinajstić information content (AvgIpc) is 3.18. The molecule has 2 heterocycles. The van der Waals surface area contributed by atoms with Crippen LogP contribution in [0.25, 0.3) is 16.8 Å². The lowest BCUT2D eigenvalue weighted by Gasteiger charge is -2.24. The highest BCUT2D eigenvalue weighted by Gasteiger charge is 2.30. The molecule has 0 fully saturated rings. The van der Waals surface area contributed by atoms with Crippen LogP contribution < -0.4 is 4.74 Å². The van der Waals surface area contributed by atoms with E-state index >= 15 is 0 Å². The van der Waals surface area contributed by atoms with Crippen LogP contribution in [0.4, 0.5) is 0 Å². The smallest absolute Gasteiger partial charge is 0.166 e. The van der Waals surface area contributed by atoms with Gasteiger partial charge in [0, 0.05) is 19.7 Å². The van der Waals surface area contributed by atoms with E-state index in [4.69, 9.17) is 14.6 Å². The molecule has 2 aromatic heterocycles. The molecule has 6 nitrogen and oxygen atoms in total. The Morgan fingerprint density at radius 3 is 2.52 bits per heavy atom. The van der Waals surface area contributed by atoms with Gasteiger partial charge in [0.25, 0.3) is 0 Å². The summed E-state index contributed by atoms with van der Waals surface area (Å²) in [5.41, 5.74) is 6.23. The first-order valence-corrected chi connectivity index (χ1v) is 10.3. The second-order valence-corrected chi connectivity index (χ2v) is 7.78. The van der Waals surface area contributed by atoms with Crippen LogP contribution in [0, 0.1) is 0 Å². The predicted octanol–water partition coefficient (Wildman–Crippen LogP) is 4.46. The molecular weight excluding hydrogens is 390 g/mol. The lowest BCUT2D eigenvalue weighted by molar-refractivity contribution is 0.0962. The molecule has 6 heteroatoms. The number of benzene rings is 2. The third kappa shape index (κ3) is 3.39. The Balaban J connectivity index is 1.64. The normalized spacial score (nSPS) is 15.8. The van der Waals surface area contributed by atoms with Crippen LogP contribution in [0.5, 0.6) is 5.75 Å². The van der Waals surface area contributed by atoms with Gasteiger partial charge in [0.2, 0.25) is 0 Å². The van der Waals surface area contributed by atoms with Gasteiger partial charge in [0.05, 0.1) is 36.2 Å². The number of hydrogen-bond acceptors (Lipinski definition) is 5. The van der Waals surface area contributed by atoms with Crippen molar-refractivity contribution in [3.63, 3.8) is 0 Å². The van der Waals surface area contributed by atoms with Crippen molar-refractivity contribution in [2.24, 2.45) is 0 Å². The highest BCUT2D eigenvalue weighted by Crippen LogP contribution is 2.36. The Hall–Kier alpha value is -3.51. The Kier molecular flexibility index (Phi) is 5.00. The molecule has 0 spiro atoms. The fourth-order valence-electron chi connectivity index (χ4n) is 4.39. The van der Waals surface area contributed by atoms with E-state index < -0.39 is 0 Å². The van der Waals surface area contributed by atoms with E-state index in [-0.39, 0.29) is 11.7 Å². The third-order valence-corrected chi connectivity index (χ3v) is 5.92. The molecule has 1 aliphatic carbocycles. The average molecular weight is 413 g/mol. The molecule has 0 saturated carbocycles. The molecule has 0 amide bonds. The van der Waals surface area contributed by atoms with Gasteiger partial charge >= 0.3 is 0 Å². The first-order chi connectivity index (χ1) is 15.2. The molecule has 2 aromatic carbocycles. The van der Waals surface area contributed by atoms with Crippen LogP contribution in [0.2, 0.25) is 0 Å². The number of nitrogens with zero attached hydrogens (tertiary/aromatic N) is 3. The quantitative estimate of drug-likeness (QED) is 0.483. The molecule has 0 bridgehead atoms. The van der Waals surface area contributed by atoms with Crippen molar-refractivity contribution in [3.8, 4) is 16.9 Å². The first-order valence-electron chi connectivity index (χ1n) is 10.3. The van der Waals surface area contributed by atoms with Crippen LogP contribution in [0.3, 0.4) is 0 Å². The van der Waals surface area contributed by atoms with E-state index in [1.807, 2.05) is 59.1 Å². The Labute approximate surface area is 180 Å². The number of aromatic nitrogens is 3. The fraction of sp³-hybridized carbons (Fsp3) is 0.240. The molecule has 4 aromatic rings. The minimum Gasteiger partial charge on any atom is -0.497 e. The predicted molar refractivity (Wildman–Crippen MR) is 118 cm³/mol. The Bertz CT molecular complexity index is 1250. The fourth-order valence-corrected chi connectivity index (χ4v) is 4.39. The van der Waals surface area contributed by atoms with Crippen molar-refractivity contribution >= 4 is 11.4 Å². The van der Waals surface area contributed by atoms with E-state index in [1.165, 1.54) is 0 Å². The topological polar surface area (TPSA) is 65.7 Å². The summed E-state index contributed by atoms with van der Waals surface area (Å²) >= 11 is 0. The molecule has 1 atom stereocenters. The van der Waals surface area contributed by atoms with Crippen molar-refractivity contribution in [3.05, 3.63) is 83.3 Å². The molecule has 1 unspecified atom stereocenters. The number of carbonyl (C=O) groups is 1. The lowest BCUT2D eigenvalue weighted by atomic mass is 9.82. The first kappa shape index (κ1) is 19.5. The van der Waals surface area contributed by atoms with Crippen LogP contribution in [0.1, 0.15) is 39.6 Å². The van der Waals surface area contributed by atoms with Gasteiger partial charge in [0.1, 0.15) is 5.75 Å². The summed E-state index contributed by atoms with van der Waals surface area (Å²) in [5, 5.41) is 4.84. The molecule has 5 rings (SSSR count). The van der Waals surface area contributed by atoms with Gasteiger partial charge in [0.15, 0.2) is 11.4 Å². The van der Waals surface area contributed by atoms with E-state index in [9.17, 15) is 4.79 Å². The summed E-state index contributed by atoms with van der Waals surface area (Å²) < 4.78 is 12.5. The van der Waals surface area contributed by atoms with E-state index in [2.05, 4.69) is 4.98 Å². The van der Waals surface area contributed by atoms with Crippen LogP contribution in [-0.4, -0.2) is 34.6 Å². The molecule has 0 aliphatic heterocycles. The maximum Gasteiger partial charge on any atom is 0.166 e. The van der Waals surface area contributed by atoms with Crippen LogP contribution in [-0.2, 0) is 17.8 Å². The van der Waals surface area contributed by atoms with Crippen molar-refractivity contribution in [2.75, 3.05) is 14.2 Å². The number of hydrogen-bond donors (Lipinski definition) is 0. The number of carbonyl (C=O) groups excluding carboxylic acids is 1. The number of ether oxygens (including phenoxy) is 2. The van der Waals surface area contributed by atoms with Crippen molar-refractivity contribution in [2.45, 2.75) is 25.4 Å². The zero-order valence-electron chi connectivity index (χ0n) is 17.5. The van der Waals surface area contributed by atoms with Gasteiger partial charge in [-0.15, -0.1) is 0 Å². The summed E-state index contributed by atoms with van der Waals surface area (Å²) in [6.07, 6.45) is 2.89. The number of rotatable bonds is 5. The number of Topliss-reactive ketones (excluding diaryl/α,β-unsaturated/α-hetero) is 1. The minimum absolute atomic E-state index is 0.0896. The monoisotopic (exact) mass is 413 g/mol. The Morgan fingerprint density at radius 2 is 1.81 bits per heavy atom. The van der Waals surface area contributed by atoms with Gasteiger partial charge in [-0.25, -0.2) is 9.50 Å². The number of ketones is 1. The maximum atomic E-state index is 13.0. The summed E-state index contributed by atoms with van der Waals surface area (Å²) in [7, 11) is 3.31. The molecule has 0 radical (unpaired) electrons. The van der Waals surface area contributed by atoms with Gasteiger partial charge in [-0.2, -0.15) is 5.10 Å². The van der Waals surface area contributed by atoms with Crippen LogP contribution in [0.15, 0.2) is 60.8 Å². The molecular formula is C25H23N3O3. The highest BCUT2D eigenvalue weighted by molar-refractivity contribution is 5.99. The van der Waals surface area contributed by atoms with E-state index in [0.717, 1.165) is 45.9 Å². The van der Waals surface area contributed by atoms with Gasteiger partial charge in [-0.3, -0.25) is 4.79 Å². The third-order valence-electron chi connectivity index (χ3n) is 5.92. The Morgan fingerprint density at radius 1 is 1.03 bits per heavy atom. The molecule has 156 valence electrons. The highest BCUT2D eigenvalue weighted by atomic mass is 16.5. The van der Waals surface area contributed by atoms with Gasteiger partial charge in [-0.05, 0) is 35.6 Å². The van der Waals surface area contributed by atoms with Crippen molar-refractivity contribution < 1.29 is 14.3 Å². The zero-order valence-corrected chi connectivity index (χ0v) is 17.5. The number of fused-ring (bicyclic) bond motifs is 3. The van der Waals surface area contributed by atoms with Crippen LogP contribution >= 0.6 is 0 Å². The van der Waals surface area contributed by atoms with Gasteiger partial charge in [-0.1, -0.05) is 42.5 Å². The summed E-state index contributed by atoms with van der Waals surface area (Å²) in [4.78, 5) is 17.6. The summed E-state index contributed by atoms with van der Waals surface area (Å²) in [6.45, 7) is 0.373. The standard InChI is InChI=1S/C25H23N3O3/c1-30-15-21-24(17-6-4-3-5-7-17)25-26-14-20-22(28(25)27-21)12-18(13-23(20)29)16-8-10-19(31-2)11-9-16/h3-11,14,18H,12-13,15H2,1-2H3.